The second kappa shape index (κ2) is 8.42. The zero-order valence-corrected chi connectivity index (χ0v) is 18.0. The average molecular weight is 418 g/mol. The summed E-state index contributed by atoms with van der Waals surface area (Å²) in [5.74, 6) is -0.194. The van der Waals surface area contributed by atoms with Crippen molar-refractivity contribution in [3.8, 4) is 5.75 Å². The molecule has 0 aliphatic carbocycles. The topological polar surface area (TPSA) is 87.7 Å². The van der Waals surface area contributed by atoms with Gasteiger partial charge in [0.25, 0.3) is 5.91 Å². The Hall–Kier alpha value is -2.58. The minimum atomic E-state index is -3.81. The SMILES string of the molecule is CCN1CCc2ccc(NC(=O)c3ccc(OC)c(S(=O)(=O)NC(C)C)c3)cc21. The van der Waals surface area contributed by atoms with E-state index in [1.807, 2.05) is 18.2 Å². The Morgan fingerprint density at radius 2 is 1.97 bits per heavy atom. The molecule has 0 saturated heterocycles. The van der Waals surface area contributed by atoms with Gasteiger partial charge in [-0.2, -0.15) is 0 Å². The summed E-state index contributed by atoms with van der Waals surface area (Å²) in [5.41, 5.74) is 3.31. The van der Waals surface area contributed by atoms with Crippen molar-refractivity contribution in [1.29, 1.82) is 0 Å². The molecule has 0 fully saturated rings. The molecule has 2 aromatic rings. The van der Waals surface area contributed by atoms with Gasteiger partial charge >= 0.3 is 0 Å². The fourth-order valence-corrected chi connectivity index (χ4v) is 4.90. The van der Waals surface area contributed by atoms with Crippen LogP contribution in [-0.2, 0) is 16.4 Å². The van der Waals surface area contributed by atoms with Crippen LogP contribution >= 0.6 is 0 Å². The number of nitrogens with one attached hydrogen (secondary N) is 2. The lowest BCUT2D eigenvalue weighted by molar-refractivity contribution is 0.102. The molecule has 3 rings (SSSR count). The summed E-state index contributed by atoms with van der Waals surface area (Å²) in [6.45, 7) is 7.45. The number of ether oxygens (including phenoxy) is 1. The van der Waals surface area contributed by atoms with Crippen LogP contribution in [0.4, 0.5) is 11.4 Å². The van der Waals surface area contributed by atoms with Gasteiger partial charge in [0.15, 0.2) is 0 Å². The summed E-state index contributed by atoms with van der Waals surface area (Å²) in [5, 5.41) is 2.87. The summed E-state index contributed by atoms with van der Waals surface area (Å²) in [6, 6.07) is 9.96. The van der Waals surface area contributed by atoms with Crippen LogP contribution in [0.15, 0.2) is 41.3 Å². The highest BCUT2D eigenvalue weighted by Crippen LogP contribution is 2.31. The predicted molar refractivity (Wildman–Crippen MR) is 114 cm³/mol. The number of likely N-dealkylation sites (N-methyl/N-ethyl adjacent to an activating group) is 1. The van der Waals surface area contributed by atoms with Gasteiger partial charge in [-0.15, -0.1) is 0 Å². The number of anilines is 2. The van der Waals surface area contributed by atoms with Crippen LogP contribution in [0, 0.1) is 0 Å². The number of carbonyl (C=O) groups is 1. The Balaban J connectivity index is 1.88. The van der Waals surface area contributed by atoms with Crippen molar-refractivity contribution in [2.75, 3.05) is 30.4 Å². The van der Waals surface area contributed by atoms with Gasteiger partial charge in [0, 0.05) is 36.1 Å². The second-order valence-electron chi connectivity index (χ2n) is 7.27. The van der Waals surface area contributed by atoms with Crippen LogP contribution in [-0.4, -0.2) is 40.6 Å². The van der Waals surface area contributed by atoms with E-state index in [9.17, 15) is 13.2 Å². The number of amides is 1. The van der Waals surface area contributed by atoms with Crippen LogP contribution in [0.1, 0.15) is 36.7 Å². The Kier molecular flexibility index (Phi) is 6.14. The fourth-order valence-electron chi connectivity index (χ4n) is 3.46. The number of hydrogen-bond acceptors (Lipinski definition) is 5. The Morgan fingerprint density at radius 1 is 1.21 bits per heavy atom. The van der Waals surface area contributed by atoms with E-state index in [-0.39, 0.29) is 28.2 Å². The van der Waals surface area contributed by atoms with E-state index in [1.54, 1.807) is 19.9 Å². The van der Waals surface area contributed by atoms with Crippen LogP contribution in [0.25, 0.3) is 0 Å². The van der Waals surface area contributed by atoms with Crippen molar-refractivity contribution in [3.05, 3.63) is 47.5 Å². The van der Waals surface area contributed by atoms with Crippen molar-refractivity contribution in [2.45, 2.75) is 38.1 Å². The van der Waals surface area contributed by atoms with E-state index in [1.165, 1.54) is 24.8 Å². The first-order valence-electron chi connectivity index (χ1n) is 9.64. The minimum Gasteiger partial charge on any atom is -0.495 e. The van der Waals surface area contributed by atoms with Crippen LogP contribution < -0.4 is 19.7 Å². The number of rotatable bonds is 7. The molecule has 1 heterocycles. The molecule has 1 amide bonds. The fraction of sp³-hybridized carbons (Fsp3) is 0.381. The lowest BCUT2D eigenvalue weighted by atomic mass is 10.1. The van der Waals surface area contributed by atoms with Gasteiger partial charge in [-0.1, -0.05) is 6.07 Å². The van der Waals surface area contributed by atoms with Gasteiger partial charge in [-0.3, -0.25) is 4.79 Å². The third-order valence-corrected chi connectivity index (χ3v) is 6.50. The molecule has 0 atom stereocenters. The quantitative estimate of drug-likeness (QED) is 0.723. The Morgan fingerprint density at radius 3 is 2.62 bits per heavy atom. The maximum absolute atomic E-state index is 12.8. The maximum Gasteiger partial charge on any atom is 0.255 e. The first-order chi connectivity index (χ1) is 13.7. The largest absolute Gasteiger partial charge is 0.495 e. The van der Waals surface area contributed by atoms with E-state index < -0.39 is 10.0 Å². The van der Waals surface area contributed by atoms with Crippen molar-refractivity contribution >= 4 is 27.3 Å². The van der Waals surface area contributed by atoms with Crippen molar-refractivity contribution in [3.63, 3.8) is 0 Å². The van der Waals surface area contributed by atoms with Gasteiger partial charge in [0.1, 0.15) is 10.6 Å². The van der Waals surface area contributed by atoms with Gasteiger partial charge in [-0.05, 0) is 63.1 Å². The first-order valence-corrected chi connectivity index (χ1v) is 11.1. The normalized spacial score (nSPS) is 13.5. The van der Waals surface area contributed by atoms with Crippen molar-refractivity contribution < 1.29 is 17.9 Å². The summed E-state index contributed by atoms with van der Waals surface area (Å²) in [7, 11) is -2.42. The maximum atomic E-state index is 12.8. The van der Waals surface area contributed by atoms with E-state index in [4.69, 9.17) is 4.74 Å². The highest BCUT2D eigenvalue weighted by molar-refractivity contribution is 7.89. The smallest absolute Gasteiger partial charge is 0.255 e. The third-order valence-electron chi connectivity index (χ3n) is 4.82. The van der Waals surface area contributed by atoms with E-state index in [2.05, 4.69) is 21.9 Å². The molecule has 1 aliphatic rings. The number of nitrogens with zero attached hydrogens (tertiary/aromatic N) is 1. The van der Waals surface area contributed by atoms with Crippen LogP contribution in [0.5, 0.6) is 5.75 Å². The summed E-state index contributed by atoms with van der Waals surface area (Å²) in [4.78, 5) is 15.0. The monoisotopic (exact) mass is 417 g/mol. The lowest BCUT2D eigenvalue weighted by Gasteiger charge is -2.17. The number of methoxy groups -OCH3 is 1. The molecular weight excluding hydrogens is 390 g/mol. The molecule has 29 heavy (non-hydrogen) atoms. The molecule has 0 spiro atoms. The van der Waals surface area contributed by atoms with Gasteiger partial charge in [0.2, 0.25) is 10.0 Å². The molecule has 0 bridgehead atoms. The first kappa shape index (κ1) is 21.1. The molecule has 2 aromatic carbocycles. The molecule has 1 aliphatic heterocycles. The number of sulfonamides is 1. The molecule has 0 saturated carbocycles. The number of benzene rings is 2. The zero-order chi connectivity index (χ0) is 21.2. The summed E-state index contributed by atoms with van der Waals surface area (Å²) >= 11 is 0. The zero-order valence-electron chi connectivity index (χ0n) is 17.2. The molecule has 2 N–H and O–H groups in total. The molecule has 8 heteroatoms. The minimum absolute atomic E-state index is 0.0625. The van der Waals surface area contributed by atoms with Crippen molar-refractivity contribution in [1.82, 2.24) is 4.72 Å². The standard InChI is InChI=1S/C21H27N3O4S/c1-5-24-11-10-15-6-8-17(13-18(15)24)22-21(25)16-7-9-19(28-4)20(12-16)29(26,27)23-14(2)3/h6-9,12-14,23H,5,10-11H2,1-4H3,(H,22,25). The number of hydrogen-bond donors (Lipinski definition) is 2. The second-order valence-corrected chi connectivity index (χ2v) is 8.95. The van der Waals surface area contributed by atoms with Crippen molar-refractivity contribution in [2.24, 2.45) is 0 Å². The van der Waals surface area contributed by atoms with Crippen LogP contribution in [0.3, 0.4) is 0 Å². The average Bonchev–Trinajstić information content (AvgIpc) is 3.08. The third kappa shape index (κ3) is 4.54. The Bertz CT molecular complexity index is 1020. The molecule has 0 radical (unpaired) electrons. The van der Waals surface area contributed by atoms with Crippen LogP contribution in [0.2, 0.25) is 0 Å². The highest BCUT2D eigenvalue weighted by atomic mass is 32.2. The number of carbonyl (C=O) groups excluding carboxylic acids is 1. The molecule has 0 unspecified atom stereocenters. The van der Waals surface area contributed by atoms with E-state index in [0.717, 1.165) is 25.2 Å². The van der Waals surface area contributed by atoms with E-state index in [0.29, 0.717) is 5.69 Å². The van der Waals surface area contributed by atoms with Gasteiger partial charge < -0.3 is 15.0 Å². The summed E-state index contributed by atoms with van der Waals surface area (Å²) in [6.07, 6.45) is 1.000. The van der Waals surface area contributed by atoms with Gasteiger partial charge in [0.05, 0.1) is 7.11 Å². The number of fused-ring (bicyclic) bond motifs is 1. The van der Waals surface area contributed by atoms with Gasteiger partial charge in [-0.25, -0.2) is 13.1 Å². The predicted octanol–water partition coefficient (Wildman–Crippen LogP) is 3.02. The molecule has 7 nitrogen and oxygen atoms in total. The molecule has 0 aromatic heterocycles. The molecule has 156 valence electrons. The summed E-state index contributed by atoms with van der Waals surface area (Å²) < 4.78 is 33.0. The Labute approximate surface area is 172 Å². The lowest BCUT2D eigenvalue weighted by Crippen LogP contribution is -2.30. The highest BCUT2D eigenvalue weighted by Gasteiger charge is 2.23. The molecular formula is C21H27N3O4S. The van der Waals surface area contributed by atoms with E-state index >= 15 is 0 Å².